The molecular weight excluding hydrogens is 380 g/mol. The highest BCUT2D eigenvalue weighted by molar-refractivity contribution is 5.91. The number of anilines is 1. The number of aromatic nitrogens is 4. The lowest BCUT2D eigenvalue weighted by molar-refractivity contribution is -0.106. The molecule has 0 aliphatic carbocycles. The molecule has 8 nitrogen and oxygen atoms in total. The van der Waals surface area contributed by atoms with Crippen LogP contribution < -0.4 is 10.6 Å². The predicted molar refractivity (Wildman–Crippen MR) is 113 cm³/mol. The summed E-state index contributed by atoms with van der Waals surface area (Å²) in [5.41, 5.74) is 8.58. The summed E-state index contributed by atoms with van der Waals surface area (Å²) < 4.78 is 8.16. The standard InChI is InChI=1S/C22H26N6O2/c1-14(2)15-3-4-18-17(9-15)21(25-13-24-18)27-7-5-22(6-8-27)12-28-16(11-30-22)10-19(26-28)20(23)29/h3-4,9-10,13-14H,5-8,11-12H2,1-2H3,(H2,23,29). The molecule has 1 spiro atoms. The summed E-state index contributed by atoms with van der Waals surface area (Å²) in [6, 6.07) is 8.18. The van der Waals surface area contributed by atoms with Crippen molar-refractivity contribution in [2.45, 2.75) is 51.4 Å². The van der Waals surface area contributed by atoms with E-state index >= 15 is 0 Å². The lowest BCUT2D eigenvalue weighted by Gasteiger charge is -2.44. The van der Waals surface area contributed by atoms with E-state index in [1.165, 1.54) is 5.56 Å². The highest BCUT2D eigenvalue weighted by Gasteiger charge is 2.40. The third-order valence-corrected chi connectivity index (χ3v) is 6.36. The van der Waals surface area contributed by atoms with Crippen LogP contribution in [0.5, 0.6) is 0 Å². The minimum Gasteiger partial charge on any atom is -0.367 e. The number of piperidine rings is 1. The Morgan fingerprint density at radius 1 is 1.20 bits per heavy atom. The SMILES string of the molecule is CC(C)c1ccc2ncnc(N3CCC4(CC3)Cn3nc(C(N)=O)cc3CO4)c2c1. The number of amides is 1. The molecule has 156 valence electrons. The lowest BCUT2D eigenvalue weighted by atomic mass is 9.89. The van der Waals surface area contributed by atoms with Crippen LogP contribution in [0.4, 0.5) is 5.82 Å². The molecule has 5 rings (SSSR count). The van der Waals surface area contributed by atoms with E-state index in [4.69, 9.17) is 10.5 Å². The summed E-state index contributed by atoms with van der Waals surface area (Å²) in [7, 11) is 0. The normalized spacial score (nSPS) is 18.2. The van der Waals surface area contributed by atoms with Gasteiger partial charge in [-0.25, -0.2) is 9.97 Å². The van der Waals surface area contributed by atoms with Crippen LogP contribution in [0.1, 0.15) is 54.4 Å². The van der Waals surface area contributed by atoms with Crippen molar-refractivity contribution in [2.75, 3.05) is 18.0 Å². The number of ether oxygens (including phenoxy) is 1. The number of fused-ring (bicyclic) bond motifs is 2. The maximum absolute atomic E-state index is 11.4. The number of rotatable bonds is 3. The average molecular weight is 406 g/mol. The molecule has 0 radical (unpaired) electrons. The van der Waals surface area contributed by atoms with Crippen LogP contribution in [-0.2, 0) is 17.9 Å². The minimum atomic E-state index is -0.503. The zero-order valence-corrected chi connectivity index (χ0v) is 17.3. The number of carbonyl (C=O) groups excluding carboxylic acids is 1. The predicted octanol–water partition coefficient (Wildman–Crippen LogP) is 2.62. The molecule has 2 aromatic heterocycles. The number of primary amides is 1. The fourth-order valence-electron chi connectivity index (χ4n) is 4.47. The van der Waals surface area contributed by atoms with Gasteiger partial charge in [0.2, 0.25) is 0 Å². The summed E-state index contributed by atoms with van der Waals surface area (Å²) in [6.07, 6.45) is 3.39. The van der Waals surface area contributed by atoms with Gasteiger partial charge in [-0.15, -0.1) is 0 Å². The highest BCUT2D eigenvalue weighted by Crippen LogP contribution is 2.36. The van der Waals surface area contributed by atoms with E-state index in [1.807, 2.05) is 4.68 Å². The Balaban J connectivity index is 1.37. The smallest absolute Gasteiger partial charge is 0.269 e. The number of hydrogen-bond acceptors (Lipinski definition) is 6. The maximum Gasteiger partial charge on any atom is 0.269 e. The topological polar surface area (TPSA) is 99.2 Å². The molecule has 0 bridgehead atoms. The van der Waals surface area contributed by atoms with Crippen LogP contribution in [0.15, 0.2) is 30.6 Å². The van der Waals surface area contributed by atoms with Gasteiger partial charge < -0.3 is 15.4 Å². The molecule has 1 fully saturated rings. The molecule has 0 atom stereocenters. The first-order valence-electron chi connectivity index (χ1n) is 10.4. The van der Waals surface area contributed by atoms with Crippen molar-refractivity contribution in [1.82, 2.24) is 19.7 Å². The largest absolute Gasteiger partial charge is 0.367 e. The molecule has 3 aromatic rings. The van der Waals surface area contributed by atoms with Gasteiger partial charge in [-0.2, -0.15) is 5.10 Å². The highest BCUT2D eigenvalue weighted by atomic mass is 16.5. The summed E-state index contributed by atoms with van der Waals surface area (Å²) in [4.78, 5) is 22.9. The fraction of sp³-hybridized carbons (Fsp3) is 0.455. The van der Waals surface area contributed by atoms with Gasteiger partial charge in [-0.05, 0) is 42.5 Å². The summed E-state index contributed by atoms with van der Waals surface area (Å²) >= 11 is 0. The van der Waals surface area contributed by atoms with Gasteiger partial charge in [0.25, 0.3) is 5.91 Å². The van der Waals surface area contributed by atoms with Crippen molar-refractivity contribution in [3.8, 4) is 0 Å². The van der Waals surface area contributed by atoms with E-state index in [2.05, 4.69) is 52.0 Å². The molecule has 8 heteroatoms. The van der Waals surface area contributed by atoms with Crippen LogP contribution in [-0.4, -0.2) is 44.3 Å². The van der Waals surface area contributed by atoms with E-state index in [1.54, 1.807) is 12.4 Å². The molecule has 4 heterocycles. The Hall–Kier alpha value is -3.00. The molecule has 1 saturated heterocycles. The number of carbonyl (C=O) groups is 1. The average Bonchev–Trinajstić information content (AvgIpc) is 3.17. The van der Waals surface area contributed by atoms with Crippen molar-refractivity contribution in [3.05, 3.63) is 47.5 Å². The van der Waals surface area contributed by atoms with Gasteiger partial charge in [0.15, 0.2) is 0 Å². The third kappa shape index (κ3) is 3.21. The van der Waals surface area contributed by atoms with Crippen molar-refractivity contribution < 1.29 is 9.53 Å². The zero-order valence-electron chi connectivity index (χ0n) is 17.3. The molecule has 0 saturated carbocycles. The Bertz CT molecular complexity index is 1110. The first-order valence-corrected chi connectivity index (χ1v) is 10.4. The molecule has 1 aromatic carbocycles. The van der Waals surface area contributed by atoms with Gasteiger partial charge in [0.05, 0.1) is 30.0 Å². The first kappa shape index (κ1) is 19.0. The molecule has 1 amide bonds. The Morgan fingerprint density at radius 2 is 2.00 bits per heavy atom. The third-order valence-electron chi connectivity index (χ3n) is 6.36. The molecule has 0 unspecified atom stereocenters. The number of nitrogens with two attached hydrogens (primary N) is 1. The number of hydrogen-bond donors (Lipinski definition) is 1. The lowest BCUT2D eigenvalue weighted by Crippen LogP contribution is -2.51. The van der Waals surface area contributed by atoms with Crippen molar-refractivity contribution in [2.24, 2.45) is 5.73 Å². The molecule has 2 aliphatic rings. The van der Waals surface area contributed by atoms with Crippen LogP contribution in [0.3, 0.4) is 0 Å². The van der Waals surface area contributed by atoms with E-state index in [0.717, 1.165) is 48.3 Å². The quantitative estimate of drug-likeness (QED) is 0.718. The Labute approximate surface area is 175 Å². The Kier molecular flexibility index (Phi) is 4.47. The summed E-state index contributed by atoms with van der Waals surface area (Å²) in [6.45, 7) is 7.18. The second kappa shape index (κ2) is 7.05. The van der Waals surface area contributed by atoms with Crippen LogP contribution in [0.2, 0.25) is 0 Å². The van der Waals surface area contributed by atoms with Crippen LogP contribution >= 0.6 is 0 Å². The zero-order chi connectivity index (χ0) is 20.9. The van der Waals surface area contributed by atoms with E-state index in [9.17, 15) is 4.79 Å². The summed E-state index contributed by atoms with van der Waals surface area (Å²) in [5.74, 6) is 0.942. The van der Waals surface area contributed by atoms with Gasteiger partial charge in [-0.1, -0.05) is 19.9 Å². The van der Waals surface area contributed by atoms with E-state index in [0.29, 0.717) is 24.8 Å². The van der Waals surface area contributed by atoms with Crippen molar-refractivity contribution in [3.63, 3.8) is 0 Å². The maximum atomic E-state index is 11.4. The molecule has 30 heavy (non-hydrogen) atoms. The fourth-order valence-corrected chi connectivity index (χ4v) is 4.47. The summed E-state index contributed by atoms with van der Waals surface area (Å²) in [5, 5.41) is 5.47. The van der Waals surface area contributed by atoms with Gasteiger partial charge in [0.1, 0.15) is 17.8 Å². The monoisotopic (exact) mass is 406 g/mol. The van der Waals surface area contributed by atoms with Crippen LogP contribution in [0, 0.1) is 0 Å². The van der Waals surface area contributed by atoms with Crippen molar-refractivity contribution >= 4 is 22.6 Å². The van der Waals surface area contributed by atoms with E-state index < -0.39 is 5.91 Å². The Morgan fingerprint density at radius 3 is 2.73 bits per heavy atom. The van der Waals surface area contributed by atoms with Gasteiger partial charge in [0, 0.05) is 18.5 Å². The van der Waals surface area contributed by atoms with Crippen LogP contribution in [0.25, 0.3) is 10.9 Å². The second-order valence-corrected chi connectivity index (χ2v) is 8.63. The molecule has 2 aliphatic heterocycles. The number of nitrogens with zero attached hydrogens (tertiary/aromatic N) is 5. The van der Waals surface area contributed by atoms with Gasteiger partial charge >= 0.3 is 0 Å². The van der Waals surface area contributed by atoms with Gasteiger partial charge in [-0.3, -0.25) is 9.48 Å². The van der Waals surface area contributed by atoms with Crippen molar-refractivity contribution in [1.29, 1.82) is 0 Å². The van der Waals surface area contributed by atoms with E-state index in [-0.39, 0.29) is 5.60 Å². The first-order chi connectivity index (χ1) is 14.4. The second-order valence-electron chi connectivity index (χ2n) is 8.63. The molecule has 2 N–H and O–H groups in total. The molecular formula is C22H26N6O2. The number of benzene rings is 1. The minimum absolute atomic E-state index is 0.267.